The number of aromatic nitrogens is 3. The topological polar surface area (TPSA) is 106 Å². The molecule has 2 aromatic rings. The molecule has 9 heteroatoms. The van der Waals surface area contributed by atoms with Gasteiger partial charge >= 0.3 is 5.97 Å². The third-order valence-corrected chi connectivity index (χ3v) is 6.27. The minimum atomic E-state index is -0.595. The van der Waals surface area contributed by atoms with Gasteiger partial charge in [0.1, 0.15) is 17.1 Å². The zero-order valence-corrected chi connectivity index (χ0v) is 21.7. The Morgan fingerprint density at radius 1 is 1.11 bits per heavy atom. The Bertz CT molecular complexity index is 984. The molecule has 196 valence electrons. The molecule has 0 aliphatic heterocycles. The predicted molar refractivity (Wildman–Crippen MR) is 136 cm³/mol. The van der Waals surface area contributed by atoms with Gasteiger partial charge in [0.15, 0.2) is 0 Å². The van der Waals surface area contributed by atoms with Gasteiger partial charge in [0.2, 0.25) is 11.9 Å². The van der Waals surface area contributed by atoms with E-state index >= 15 is 0 Å². The van der Waals surface area contributed by atoms with Crippen molar-refractivity contribution < 1.29 is 18.7 Å². The number of carbonyl (C=O) groups is 2. The van der Waals surface area contributed by atoms with Gasteiger partial charge in [-0.05, 0) is 76.5 Å². The van der Waals surface area contributed by atoms with Gasteiger partial charge in [0.25, 0.3) is 0 Å². The molecule has 1 amide bonds. The average Bonchev–Trinajstić information content (AvgIpc) is 2.83. The smallest absolute Gasteiger partial charge is 0.306 e. The van der Waals surface area contributed by atoms with Crippen LogP contribution in [0.1, 0.15) is 89.9 Å². The minimum Gasteiger partial charge on any atom is -0.460 e. The molecule has 1 aromatic heterocycles. The Balaban J connectivity index is 1.63. The summed E-state index contributed by atoms with van der Waals surface area (Å²) in [5.41, 5.74) is 0.686. The third-order valence-electron chi connectivity index (χ3n) is 6.27. The second kappa shape index (κ2) is 12.7. The Kier molecular flexibility index (Phi) is 9.73. The molecule has 0 radical (unpaired) electrons. The Morgan fingerprint density at radius 3 is 2.39 bits per heavy atom. The number of nitrogens with zero attached hydrogens (tertiary/aromatic N) is 3. The van der Waals surface area contributed by atoms with Gasteiger partial charge in [-0.2, -0.15) is 0 Å². The molecule has 8 nitrogen and oxygen atoms in total. The molecule has 0 spiro atoms. The van der Waals surface area contributed by atoms with Gasteiger partial charge in [0.05, 0.1) is 12.2 Å². The number of nitrogens with one attached hydrogen (secondary N) is 2. The SMILES string of the molecule is CCCCNc1ncc(C(NC(=O)C2CCC(CC(=O)OC(C)(C)C)CC2)c2ccc(F)cc2)nn1. The van der Waals surface area contributed by atoms with E-state index in [0.29, 0.717) is 36.5 Å². The number of hydrogen-bond donors (Lipinski definition) is 2. The Labute approximate surface area is 212 Å². The van der Waals surface area contributed by atoms with E-state index in [2.05, 4.69) is 32.7 Å². The highest BCUT2D eigenvalue weighted by Gasteiger charge is 2.31. The molecule has 1 fully saturated rings. The fourth-order valence-corrected chi connectivity index (χ4v) is 4.37. The maximum absolute atomic E-state index is 13.6. The van der Waals surface area contributed by atoms with Gasteiger partial charge in [-0.25, -0.2) is 9.37 Å². The number of unbranched alkanes of at least 4 members (excludes halogenated alkanes) is 1. The first-order valence-corrected chi connectivity index (χ1v) is 12.9. The summed E-state index contributed by atoms with van der Waals surface area (Å²) in [4.78, 5) is 29.7. The Morgan fingerprint density at radius 2 is 1.81 bits per heavy atom. The van der Waals surface area contributed by atoms with Gasteiger partial charge in [-0.3, -0.25) is 9.59 Å². The quantitative estimate of drug-likeness (QED) is 0.351. The number of ether oxygens (including phenoxy) is 1. The first-order chi connectivity index (χ1) is 17.1. The van der Waals surface area contributed by atoms with E-state index in [4.69, 9.17) is 4.74 Å². The van der Waals surface area contributed by atoms with Crippen LogP contribution in [0, 0.1) is 17.7 Å². The molecule has 1 saturated carbocycles. The lowest BCUT2D eigenvalue weighted by Gasteiger charge is -2.29. The van der Waals surface area contributed by atoms with Crippen molar-refractivity contribution in [2.24, 2.45) is 11.8 Å². The van der Waals surface area contributed by atoms with Crippen molar-refractivity contribution in [1.29, 1.82) is 0 Å². The van der Waals surface area contributed by atoms with Crippen molar-refractivity contribution in [2.45, 2.75) is 84.3 Å². The van der Waals surface area contributed by atoms with E-state index in [1.807, 2.05) is 20.8 Å². The number of hydrogen-bond acceptors (Lipinski definition) is 7. The fraction of sp³-hybridized carbons (Fsp3) is 0.593. The number of anilines is 1. The predicted octanol–water partition coefficient (Wildman–Crippen LogP) is 4.97. The molecule has 2 N–H and O–H groups in total. The van der Waals surface area contributed by atoms with E-state index in [1.54, 1.807) is 18.3 Å². The van der Waals surface area contributed by atoms with Crippen LogP contribution in [0.4, 0.5) is 10.3 Å². The molecular weight excluding hydrogens is 461 g/mol. The van der Waals surface area contributed by atoms with Crippen molar-refractivity contribution in [3.8, 4) is 0 Å². The van der Waals surface area contributed by atoms with Crippen LogP contribution in [-0.4, -0.2) is 39.2 Å². The largest absolute Gasteiger partial charge is 0.460 e. The average molecular weight is 500 g/mol. The highest BCUT2D eigenvalue weighted by atomic mass is 19.1. The van der Waals surface area contributed by atoms with E-state index in [-0.39, 0.29) is 29.5 Å². The van der Waals surface area contributed by atoms with Crippen LogP contribution in [0.5, 0.6) is 0 Å². The number of amides is 1. The molecule has 36 heavy (non-hydrogen) atoms. The summed E-state index contributed by atoms with van der Waals surface area (Å²) in [7, 11) is 0. The van der Waals surface area contributed by atoms with Crippen LogP contribution < -0.4 is 10.6 Å². The lowest BCUT2D eigenvalue weighted by Crippen LogP contribution is -2.37. The van der Waals surface area contributed by atoms with Gasteiger partial charge in [-0.15, -0.1) is 10.2 Å². The van der Waals surface area contributed by atoms with E-state index in [1.165, 1.54) is 12.1 Å². The lowest BCUT2D eigenvalue weighted by atomic mass is 9.80. The van der Waals surface area contributed by atoms with E-state index < -0.39 is 11.6 Å². The maximum Gasteiger partial charge on any atom is 0.306 e. The molecule has 0 bridgehead atoms. The van der Waals surface area contributed by atoms with Crippen LogP contribution in [0.2, 0.25) is 0 Å². The summed E-state index contributed by atoms with van der Waals surface area (Å²) in [6, 6.07) is 5.39. The van der Waals surface area contributed by atoms with Crippen molar-refractivity contribution in [3.63, 3.8) is 0 Å². The lowest BCUT2D eigenvalue weighted by molar-refractivity contribution is -0.156. The molecule has 1 heterocycles. The molecule has 3 rings (SSSR count). The summed E-state index contributed by atoms with van der Waals surface area (Å²) < 4.78 is 19.0. The number of carbonyl (C=O) groups excluding carboxylic acids is 2. The van der Waals surface area contributed by atoms with Crippen molar-refractivity contribution in [1.82, 2.24) is 20.5 Å². The monoisotopic (exact) mass is 499 g/mol. The second-order valence-corrected chi connectivity index (χ2v) is 10.5. The van der Waals surface area contributed by atoms with Gasteiger partial charge < -0.3 is 15.4 Å². The molecule has 0 saturated heterocycles. The van der Waals surface area contributed by atoms with Crippen molar-refractivity contribution in [2.75, 3.05) is 11.9 Å². The molecule has 1 atom stereocenters. The normalized spacial score (nSPS) is 18.8. The first-order valence-electron chi connectivity index (χ1n) is 12.9. The van der Waals surface area contributed by atoms with Crippen LogP contribution in [-0.2, 0) is 14.3 Å². The number of halogens is 1. The standard InChI is InChI=1S/C27H38FN5O3/c1-5-6-15-29-26-30-17-22(32-33-26)24(19-11-13-21(28)14-12-19)31-25(35)20-9-7-18(8-10-20)16-23(34)36-27(2,3)4/h11-14,17-18,20,24H,5-10,15-16H2,1-4H3,(H,31,35)(H,29,30,33). The molecule has 1 aliphatic carbocycles. The van der Waals surface area contributed by atoms with Crippen LogP contribution in [0.15, 0.2) is 30.5 Å². The maximum atomic E-state index is 13.6. The van der Waals surface area contributed by atoms with Crippen LogP contribution in [0.25, 0.3) is 0 Å². The van der Waals surface area contributed by atoms with E-state index in [0.717, 1.165) is 32.2 Å². The summed E-state index contributed by atoms with van der Waals surface area (Å²) in [5, 5.41) is 14.7. The van der Waals surface area contributed by atoms with Gasteiger partial charge in [0, 0.05) is 18.9 Å². The summed E-state index contributed by atoms with van der Waals surface area (Å²) in [6.45, 7) is 8.44. The highest BCUT2D eigenvalue weighted by Crippen LogP contribution is 2.32. The molecule has 1 unspecified atom stereocenters. The van der Waals surface area contributed by atoms with Crippen LogP contribution >= 0.6 is 0 Å². The van der Waals surface area contributed by atoms with Gasteiger partial charge in [-0.1, -0.05) is 25.5 Å². The Hall–Kier alpha value is -3.10. The first kappa shape index (κ1) is 27.5. The summed E-state index contributed by atoms with van der Waals surface area (Å²) in [6.07, 6.45) is 6.99. The molecular formula is C27H38FN5O3. The zero-order valence-electron chi connectivity index (χ0n) is 21.7. The van der Waals surface area contributed by atoms with Crippen molar-refractivity contribution >= 4 is 17.8 Å². The van der Waals surface area contributed by atoms with Crippen LogP contribution in [0.3, 0.4) is 0 Å². The zero-order chi connectivity index (χ0) is 26.1. The highest BCUT2D eigenvalue weighted by molar-refractivity contribution is 5.79. The molecule has 1 aromatic carbocycles. The number of rotatable bonds is 10. The molecule has 1 aliphatic rings. The summed E-state index contributed by atoms with van der Waals surface area (Å²) in [5.74, 6) is -0.151. The minimum absolute atomic E-state index is 0.0907. The second-order valence-electron chi connectivity index (χ2n) is 10.5. The fourth-order valence-electron chi connectivity index (χ4n) is 4.37. The van der Waals surface area contributed by atoms with E-state index in [9.17, 15) is 14.0 Å². The number of benzene rings is 1. The number of esters is 1. The third kappa shape index (κ3) is 8.53. The summed E-state index contributed by atoms with van der Waals surface area (Å²) >= 11 is 0. The van der Waals surface area contributed by atoms with Crippen molar-refractivity contribution in [3.05, 3.63) is 47.5 Å².